The molecule has 0 bridgehead atoms. The van der Waals surface area contributed by atoms with Crippen LogP contribution in [-0.2, 0) is 6.54 Å². The molecule has 0 saturated heterocycles. The van der Waals surface area contributed by atoms with E-state index in [0.29, 0.717) is 6.04 Å². The molecule has 0 heterocycles. The molecule has 0 aromatic heterocycles. The summed E-state index contributed by atoms with van der Waals surface area (Å²) >= 11 is 8.23. The Bertz CT molecular complexity index is 380. The third-order valence-corrected chi connectivity index (χ3v) is 5.04. The molecule has 0 spiro atoms. The summed E-state index contributed by atoms with van der Waals surface area (Å²) in [6.45, 7) is 2.96. The van der Waals surface area contributed by atoms with Crippen molar-refractivity contribution in [2.45, 2.75) is 44.0 Å². The molecule has 1 fully saturated rings. The van der Waals surface area contributed by atoms with Crippen LogP contribution in [0, 0.1) is 6.92 Å². The van der Waals surface area contributed by atoms with Gasteiger partial charge < -0.3 is 5.32 Å². The molecule has 1 aromatic carbocycles. The van der Waals surface area contributed by atoms with Crippen LogP contribution in [0.5, 0.6) is 0 Å². The van der Waals surface area contributed by atoms with Crippen LogP contribution in [0.25, 0.3) is 0 Å². The van der Waals surface area contributed by atoms with E-state index < -0.39 is 0 Å². The molecule has 1 saturated carbocycles. The highest BCUT2D eigenvalue weighted by atomic mass is 35.5. The Morgan fingerprint density at radius 1 is 1.41 bits per heavy atom. The van der Waals surface area contributed by atoms with E-state index in [-0.39, 0.29) is 0 Å². The van der Waals surface area contributed by atoms with Gasteiger partial charge in [-0.15, -0.1) is 0 Å². The summed E-state index contributed by atoms with van der Waals surface area (Å²) in [5.74, 6) is 0. The molecule has 2 atom stereocenters. The Morgan fingerprint density at radius 2 is 2.24 bits per heavy atom. The molecule has 0 radical (unpaired) electrons. The highest BCUT2D eigenvalue weighted by molar-refractivity contribution is 7.99. The fourth-order valence-corrected chi connectivity index (χ4v) is 3.74. The first-order valence-electron chi connectivity index (χ1n) is 6.22. The molecule has 94 valence electrons. The molecule has 1 aromatic rings. The maximum atomic E-state index is 6.24. The van der Waals surface area contributed by atoms with Gasteiger partial charge in [0.25, 0.3) is 0 Å². The monoisotopic (exact) mass is 269 g/mol. The molecule has 2 unspecified atom stereocenters. The van der Waals surface area contributed by atoms with Crippen molar-refractivity contribution in [1.29, 1.82) is 0 Å². The lowest BCUT2D eigenvalue weighted by molar-refractivity contribution is 0.532. The predicted octanol–water partition coefficient (Wildman–Crippen LogP) is 4.02. The molecule has 1 aliphatic carbocycles. The van der Waals surface area contributed by atoms with Crippen LogP contribution >= 0.6 is 23.4 Å². The number of halogens is 1. The summed E-state index contributed by atoms with van der Waals surface area (Å²) < 4.78 is 0. The van der Waals surface area contributed by atoms with Crippen molar-refractivity contribution in [2.24, 2.45) is 0 Å². The van der Waals surface area contributed by atoms with Crippen LogP contribution in [0.15, 0.2) is 18.2 Å². The Kier molecular flexibility index (Phi) is 4.78. The van der Waals surface area contributed by atoms with Crippen LogP contribution in [-0.4, -0.2) is 17.5 Å². The number of hydrogen-bond acceptors (Lipinski definition) is 2. The average Bonchev–Trinajstić information content (AvgIpc) is 2.75. The predicted molar refractivity (Wildman–Crippen MR) is 78.0 cm³/mol. The van der Waals surface area contributed by atoms with E-state index in [1.807, 2.05) is 17.8 Å². The van der Waals surface area contributed by atoms with Crippen molar-refractivity contribution in [3.05, 3.63) is 34.3 Å². The molecule has 2 rings (SSSR count). The molecule has 0 aliphatic heterocycles. The van der Waals surface area contributed by atoms with Gasteiger partial charge >= 0.3 is 0 Å². The molecule has 17 heavy (non-hydrogen) atoms. The Balaban J connectivity index is 1.93. The second-order valence-corrected chi connectivity index (χ2v) is 6.27. The van der Waals surface area contributed by atoms with Gasteiger partial charge in [0.05, 0.1) is 0 Å². The highest BCUT2D eigenvalue weighted by Gasteiger charge is 2.25. The Morgan fingerprint density at radius 3 is 2.94 bits per heavy atom. The van der Waals surface area contributed by atoms with Crippen molar-refractivity contribution in [3.63, 3.8) is 0 Å². The minimum atomic E-state index is 0.655. The van der Waals surface area contributed by atoms with Crippen molar-refractivity contribution in [1.82, 2.24) is 5.32 Å². The zero-order chi connectivity index (χ0) is 12.3. The van der Waals surface area contributed by atoms with Gasteiger partial charge in [-0.05, 0) is 43.2 Å². The quantitative estimate of drug-likeness (QED) is 0.886. The molecular formula is C14H20ClNS. The number of nitrogens with one attached hydrogen (secondary N) is 1. The number of rotatable bonds is 4. The summed E-state index contributed by atoms with van der Waals surface area (Å²) in [5, 5.41) is 5.32. The fraction of sp³-hybridized carbons (Fsp3) is 0.571. The summed E-state index contributed by atoms with van der Waals surface area (Å²) in [6.07, 6.45) is 6.21. The fourth-order valence-electron chi connectivity index (χ4n) is 2.48. The van der Waals surface area contributed by atoms with Gasteiger partial charge in [-0.2, -0.15) is 11.8 Å². The van der Waals surface area contributed by atoms with E-state index in [2.05, 4.69) is 30.6 Å². The van der Waals surface area contributed by atoms with E-state index >= 15 is 0 Å². The minimum absolute atomic E-state index is 0.655. The van der Waals surface area contributed by atoms with E-state index in [1.165, 1.54) is 30.4 Å². The van der Waals surface area contributed by atoms with E-state index in [1.54, 1.807) is 0 Å². The smallest absolute Gasteiger partial charge is 0.0453 e. The second kappa shape index (κ2) is 6.12. The van der Waals surface area contributed by atoms with Crippen molar-refractivity contribution in [3.8, 4) is 0 Å². The lowest BCUT2D eigenvalue weighted by atomic mass is 10.1. The molecule has 1 nitrogen and oxygen atoms in total. The number of aryl methyl sites for hydroxylation is 1. The van der Waals surface area contributed by atoms with E-state index in [4.69, 9.17) is 11.6 Å². The largest absolute Gasteiger partial charge is 0.309 e. The van der Waals surface area contributed by atoms with Crippen LogP contribution in [0.1, 0.15) is 30.4 Å². The number of benzene rings is 1. The van der Waals surface area contributed by atoms with Gasteiger partial charge in [0.15, 0.2) is 0 Å². The molecule has 1 N–H and O–H groups in total. The van der Waals surface area contributed by atoms with E-state index in [9.17, 15) is 0 Å². The summed E-state index contributed by atoms with van der Waals surface area (Å²) in [5.41, 5.74) is 2.44. The highest BCUT2D eigenvalue weighted by Crippen LogP contribution is 2.29. The summed E-state index contributed by atoms with van der Waals surface area (Å²) in [7, 11) is 0. The molecular weight excluding hydrogens is 250 g/mol. The van der Waals surface area contributed by atoms with Gasteiger partial charge in [-0.3, -0.25) is 0 Å². The number of thioether (sulfide) groups is 1. The first-order chi connectivity index (χ1) is 8.20. The molecule has 1 aliphatic rings. The zero-order valence-corrected chi connectivity index (χ0v) is 12.1. The van der Waals surface area contributed by atoms with Gasteiger partial charge in [-0.25, -0.2) is 0 Å². The number of hydrogen-bond donors (Lipinski definition) is 1. The van der Waals surface area contributed by atoms with Crippen molar-refractivity contribution < 1.29 is 0 Å². The Hall–Kier alpha value is -0.180. The summed E-state index contributed by atoms with van der Waals surface area (Å²) in [6, 6.07) is 6.96. The van der Waals surface area contributed by atoms with Gasteiger partial charge in [-0.1, -0.05) is 30.2 Å². The SMILES string of the molecule is CSC1CCCC1NCc1ccc(C)cc1Cl. The van der Waals surface area contributed by atoms with Crippen LogP contribution in [0.2, 0.25) is 5.02 Å². The van der Waals surface area contributed by atoms with Crippen molar-refractivity contribution >= 4 is 23.4 Å². The third kappa shape index (κ3) is 3.40. The standard InChI is InChI=1S/C14H20ClNS/c1-10-6-7-11(12(15)8-10)9-16-13-4-3-5-14(13)17-2/h6-8,13-14,16H,3-5,9H2,1-2H3. The maximum absolute atomic E-state index is 6.24. The van der Waals surface area contributed by atoms with Crippen LogP contribution in [0.3, 0.4) is 0 Å². The van der Waals surface area contributed by atoms with Gasteiger partial charge in [0.2, 0.25) is 0 Å². The lowest BCUT2D eigenvalue weighted by Gasteiger charge is -2.19. The zero-order valence-electron chi connectivity index (χ0n) is 10.5. The second-order valence-electron chi connectivity index (χ2n) is 4.79. The third-order valence-electron chi connectivity index (χ3n) is 3.52. The normalized spacial score (nSPS) is 24.2. The first-order valence-corrected chi connectivity index (χ1v) is 7.88. The van der Waals surface area contributed by atoms with Gasteiger partial charge in [0.1, 0.15) is 0 Å². The van der Waals surface area contributed by atoms with Crippen LogP contribution in [0.4, 0.5) is 0 Å². The van der Waals surface area contributed by atoms with Gasteiger partial charge in [0, 0.05) is 22.9 Å². The molecule has 3 heteroatoms. The average molecular weight is 270 g/mol. The lowest BCUT2D eigenvalue weighted by Crippen LogP contribution is -2.33. The van der Waals surface area contributed by atoms with Crippen LogP contribution < -0.4 is 5.32 Å². The molecule has 0 amide bonds. The minimum Gasteiger partial charge on any atom is -0.309 e. The Labute approximate surface area is 113 Å². The topological polar surface area (TPSA) is 12.0 Å². The van der Waals surface area contributed by atoms with E-state index in [0.717, 1.165) is 16.8 Å². The van der Waals surface area contributed by atoms with Crippen molar-refractivity contribution in [2.75, 3.05) is 6.26 Å². The summed E-state index contributed by atoms with van der Waals surface area (Å²) in [4.78, 5) is 0. The first kappa shape index (κ1) is 13.3. The maximum Gasteiger partial charge on any atom is 0.0453 e.